The van der Waals surface area contributed by atoms with Gasteiger partial charge < -0.3 is 10.4 Å². The maximum Gasteiger partial charge on any atom is 0.339 e. The second kappa shape index (κ2) is 6.07. The van der Waals surface area contributed by atoms with Crippen molar-refractivity contribution in [2.75, 3.05) is 6.54 Å². The van der Waals surface area contributed by atoms with Gasteiger partial charge in [-0.15, -0.1) is 0 Å². The van der Waals surface area contributed by atoms with Crippen molar-refractivity contribution in [1.29, 1.82) is 0 Å². The Labute approximate surface area is 94.8 Å². The van der Waals surface area contributed by atoms with E-state index < -0.39 is 5.97 Å². The van der Waals surface area contributed by atoms with Crippen molar-refractivity contribution < 1.29 is 9.90 Å². The first kappa shape index (κ1) is 12.4. The van der Waals surface area contributed by atoms with Crippen molar-refractivity contribution >= 4 is 5.97 Å². The van der Waals surface area contributed by atoms with Crippen molar-refractivity contribution in [3.8, 4) is 0 Å². The van der Waals surface area contributed by atoms with E-state index in [2.05, 4.69) is 16.5 Å². The Morgan fingerprint density at radius 3 is 3.06 bits per heavy atom. The van der Waals surface area contributed by atoms with E-state index >= 15 is 0 Å². The third-order valence-electron chi connectivity index (χ3n) is 2.31. The van der Waals surface area contributed by atoms with Crippen LogP contribution in [-0.2, 0) is 13.6 Å². The zero-order valence-electron chi connectivity index (χ0n) is 9.60. The molecule has 1 aromatic heterocycles. The van der Waals surface area contributed by atoms with Gasteiger partial charge in [0.1, 0.15) is 5.56 Å². The van der Waals surface area contributed by atoms with Gasteiger partial charge in [0, 0.05) is 13.6 Å². The van der Waals surface area contributed by atoms with E-state index in [1.165, 1.54) is 6.20 Å². The Hall–Kier alpha value is -1.62. The van der Waals surface area contributed by atoms with E-state index in [1.54, 1.807) is 11.7 Å². The van der Waals surface area contributed by atoms with Gasteiger partial charge >= 0.3 is 5.97 Å². The van der Waals surface area contributed by atoms with Crippen LogP contribution in [0, 0.1) is 0 Å². The van der Waals surface area contributed by atoms with Crippen LogP contribution < -0.4 is 5.32 Å². The van der Waals surface area contributed by atoms with E-state index in [0.717, 1.165) is 13.0 Å². The highest BCUT2D eigenvalue weighted by Gasteiger charge is 2.13. The first-order valence-corrected chi connectivity index (χ1v) is 5.23. The third-order valence-corrected chi connectivity index (χ3v) is 2.31. The van der Waals surface area contributed by atoms with Crippen molar-refractivity contribution in [1.82, 2.24) is 15.1 Å². The van der Waals surface area contributed by atoms with Gasteiger partial charge in [-0.3, -0.25) is 4.68 Å². The molecule has 0 radical (unpaired) electrons. The average Bonchev–Trinajstić information content (AvgIpc) is 2.60. The molecule has 0 atom stereocenters. The molecule has 16 heavy (non-hydrogen) atoms. The molecular formula is C11H17N3O2. The van der Waals surface area contributed by atoms with Crippen LogP contribution in [0.1, 0.15) is 29.4 Å². The van der Waals surface area contributed by atoms with Crippen LogP contribution in [0.25, 0.3) is 0 Å². The van der Waals surface area contributed by atoms with Crippen molar-refractivity contribution in [2.45, 2.75) is 19.9 Å². The molecule has 0 bridgehead atoms. The summed E-state index contributed by atoms with van der Waals surface area (Å²) in [5, 5.41) is 16.0. The highest BCUT2D eigenvalue weighted by atomic mass is 16.4. The topological polar surface area (TPSA) is 67.2 Å². The number of hydrogen-bond acceptors (Lipinski definition) is 3. The summed E-state index contributed by atoms with van der Waals surface area (Å²) in [6, 6.07) is 0. The first-order chi connectivity index (χ1) is 7.66. The summed E-state index contributed by atoms with van der Waals surface area (Å²) in [6.07, 6.45) is 6.38. The predicted molar refractivity (Wildman–Crippen MR) is 61.3 cm³/mol. The Kier molecular flexibility index (Phi) is 4.72. The Balaban J connectivity index is 2.52. The van der Waals surface area contributed by atoms with E-state index in [9.17, 15) is 4.79 Å². The number of carbonyl (C=O) groups is 1. The van der Waals surface area contributed by atoms with Crippen molar-refractivity contribution in [3.63, 3.8) is 0 Å². The molecule has 0 spiro atoms. The van der Waals surface area contributed by atoms with Crippen LogP contribution in [0.4, 0.5) is 0 Å². The lowest BCUT2D eigenvalue weighted by Crippen LogP contribution is -2.18. The van der Waals surface area contributed by atoms with E-state index in [0.29, 0.717) is 12.2 Å². The molecule has 0 saturated heterocycles. The predicted octanol–water partition coefficient (Wildman–Crippen LogP) is 1.17. The fourth-order valence-electron chi connectivity index (χ4n) is 1.41. The molecule has 0 aliphatic carbocycles. The van der Waals surface area contributed by atoms with Gasteiger partial charge in [0.15, 0.2) is 0 Å². The number of nitrogens with zero attached hydrogens (tertiary/aromatic N) is 2. The Morgan fingerprint density at radius 1 is 1.69 bits per heavy atom. The summed E-state index contributed by atoms with van der Waals surface area (Å²) >= 11 is 0. The largest absolute Gasteiger partial charge is 0.478 e. The molecule has 1 heterocycles. The molecule has 0 unspecified atom stereocenters. The monoisotopic (exact) mass is 223 g/mol. The lowest BCUT2D eigenvalue weighted by atomic mass is 10.2. The molecule has 1 aromatic rings. The molecule has 0 amide bonds. The van der Waals surface area contributed by atoms with Crippen LogP contribution in [-0.4, -0.2) is 27.4 Å². The average molecular weight is 223 g/mol. The number of aromatic nitrogens is 2. The second-order valence-electron chi connectivity index (χ2n) is 3.47. The van der Waals surface area contributed by atoms with Crippen molar-refractivity contribution in [3.05, 3.63) is 29.6 Å². The SMILES string of the molecule is C/C=C/CCNCc1c(C(=O)O)cnn1C. The molecule has 2 N–H and O–H groups in total. The molecule has 1 rings (SSSR count). The highest BCUT2D eigenvalue weighted by molar-refractivity contribution is 5.88. The standard InChI is InChI=1S/C11H17N3O2/c1-3-4-5-6-12-8-10-9(11(15)16)7-13-14(10)2/h3-4,7,12H,5-6,8H2,1-2H3,(H,15,16)/b4-3+. The van der Waals surface area contributed by atoms with E-state index in [-0.39, 0.29) is 5.56 Å². The van der Waals surface area contributed by atoms with Gasteiger partial charge in [0.25, 0.3) is 0 Å². The summed E-state index contributed by atoms with van der Waals surface area (Å²) in [6.45, 7) is 3.33. The molecule has 5 nitrogen and oxygen atoms in total. The quantitative estimate of drug-likeness (QED) is 0.561. The van der Waals surface area contributed by atoms with Crippen LogP contribution in [0.3, 0.4) is 0 Å². The summed E-state index contributed by atoms with van der Waals surface area (Å²) in [5.41, 5.74) is 0.967. The number of allylic oxidation sites excluding steroid dienone is 1. The maximum absolute atomic E-state index is 10.9. The number of aryl methyl sites for hydroxylation is 1. The number of hydrogen-bond donors (Lipinski definition) is 2. The number of nitrogens with one attached hydrogen (secondary N) is 1. The fraction of sp³-hybridized carbons (Fsp3) is 0.455. The summed E-state index contributed by atoms with van der Waals surface area (Å²) in [7, 11) is 1.75. The van der Waals surface area contributed by atoms with E-state index in [4.69, 9.17) is 5.11 Å². The molecule has 0 aliphatic rings. The lowest BCUT2D eigenvalue weighted by molar-refractivity contribution is 0.0695. The van der Waals surface area contributed by atoms with Gasteiger partial charge in [-0.2, -0.15) is 5.10 Å². The fourth-order valence-corrected chi connectivity index (χ4v) is 1.41. The minimum absolute atomic E-state index is 0.265. The van der Waals surface area contributed by atoms with Gasteiger partial charge in [0.05, 0.1) is 11.9 Å². The van der Waals surface area contributed by atoms with Crippen LogP contribution in [0.2, 0.25) is 0 Å². The van der Waals surface area contributed by atoms with Crippen LogP contribution in [0.5, 0.6) is 0 Å². The minimum Gasteiger partial charge on any atom is -0.478 e. The molecular weight excluding hydrogens is 206 g/mol. The molecule has 0 fully saturated rings. The minimum atomic E-state index is -0.932. The smallest absolute Gasteiger partial charge is 0.339 e. The van der Waals surface area contributed by atoms with Crippen LogP contribution in [0.15, 0.2) is 18.3 Å². The normalized spacial score (nSPS) is 11.1. The zero-order chi connectivity index (χ0) is 12.0. The maximum atomic E-state index is 10.9. The van der Waals surface area contributed by atoms with Gasteiger partial charge in [-0.1, -0.05) is 12.2 Å². The van der Waals surface area contributed by atoms with E-state index in [1.807, 2.05) is 13.0 Å². The van der Waals surface area contributed by atoms with Crippen molar-refractivity contribution in [2.24, 2.45) is 7.05 Å². The van der Waals surface area contributed by atoms with Gasteiger partial charge in [-0.05, 0) is 19.9 Å². The number of carboxylic acids is 1. The molecule has 0 aliphatic heterocycles. The first-order valence-electron chi connectivity index (χ1n) is 5.23. The number of carboxylic acid groups (broad SMARTS) is 1. The molecule has 0 aromatic carbocycles. The lowest BCUT2D eigenvalue weighted by Gasteiger charge is -2.05. The Morgan fingerprint density at radius 2 is 2.44 bits per heavy atom. The third kappa shape index (κ3) is 3.20. The van der Waals surface area contributed by atoms with Gasteiger partial charge in [-0.25, -0.2) is 4.79 Å². The summed E-state index contributed by atoms with van der Waals surface area (Å²) in [5.74, 6) is -0.932. The van der Waals surface area contributed by atoms with Gasteiger partial charge in [0.2, 0.25) is 0 Å². The second-order valence-corrected chi connectivity index (χ2v) is 3.47. The summed E-state index contributed by atoms with van der Waals surface area (Å²) < 4.78 is 1.59. The molecule has 88 valence electrons. The molecule has 5 heteroatoms. The number of rotatable bonds is 6. The summed E-state index contributed by atoms with van der Waals surface area (Å²) in [4.78, 5) is 10.9. The zero-order valence-corrected chi connectivity index (χ0v) is 9.60. The highest BCUT2D eigenvalue weighted by Crippen LogP contribution is 2.06. The Bertz CT molecular complexity index is 383. The number of aromatic carboxylic acids is 1. The van der Waals surface area contributed by atoms with Crippen LogP contribution >= 0.6 is 0 Å². The molecule has 0 saturated carbocycles.